The van der Waals surface area contributed by atoms with Crippen molar-refractivity contribution in [1.29, 1.82) is 0 Å². The second-order valence-electron chi connectivity index (χ2n) is 7.32. The van der Waals surface area contributed by atoms with E-state index in [-0.39, 0.29) is 10.6 Å². The predicted molar refractivity (Wildman–Crippen MR) is 121 cm³/mol. The van der Waals surface area contributed by atoms with Crippen molar-refractivity contribution in [3.63, 3.8) is 0 Å². The van der Waals surface area contributed by atoms with Gasteiger partial charge < -0.3 is 9.17 Å². The Hall–Kier alpha value is -2.71. The van der Waals surface area contributed by atoms with Gasteiger partial charge in [-0.25, -0.2) is 0 Å². The molecule has 0 bridgehead atoms. The predicted octanol–water partition coefficient (Wildman–Crippen LogP) is 5.14. The van der Waals surface area contributed by atoms with Gasteiger partial charge in [0.15, 0.2) is 5.75 Å². The van der Waals surface area contributed by atoms with Gasteiger partial charge in [0.25, 0.3) is 0 Å². The van der Waals surface area contributed by atoms with Gasteiger partial charge in [0, 0.05) is 28.0 Å². The second kappa shape index (κ2) is 7.21. The van der Waals surface area contributed by atoms with Crippen LogP contribution < -0.4 is 4.18 Å². The molecule has 0 spiro atoms. The molecule has 0 unspecified atom stereocenters. The summed E-state index contributed by atoms with van der Waals surface area (Å²) in [4.78, 5) is 12.6. The summed E-state index contributed by atoms with van der Waals surface area (Å²) >= 11 is 3.48. The SMILES string of the molecule is Cc1ccc(S(=O)(=O)Oc2cc(Br)cc3c2[nH]c2c(C4=NCCC4)nccc23)cc1. The Balaban J connectivity index is 1.68. The Morgan fingerprint density at radius 3 is 2.60 bits per heavy atom. The molecule has 0 aliphatic carbocycles. The molecule has 5 rings (SSSR count). The molecule has 4 aromatic rings. The van der Waals surface area contributed by atoms with Gasteiger partial charge in [-0.05, 0) is 50.1 Å². The van der Waals surface area contributed by atoms with E-state index in [9.17, 15) is 8.42 Å². The number of hydrogen-bond donors (Lipinski definition) is 1. The number of aryl methyl sites for hydroxylation is 1. The van der Waals surface area contributed by atoms with Crippen molar-refractivity contribution >= 4 is 53.6 Å². The Bertz CT molecular complexity index is 1420. The zero-order chi connectivity index (χ0) is 20.9. The summed E-state index contributed by atoms with van der Waals surface area (Å²) in [5.41, 5.74) is 4.20. The van der Waals surface area contributed by atoms with E-state index in [0.717, 1.165) is 57.1 Å². The molecule has 8 heteroatoms. The van der Waals surface area contributed by atoms with E-state index in [1.165, 1.54) is 0 Å². The van der Waals surface area contributed by atoms with Crippen molar-refractivity contribution < 1.29 is 12.6 Å². The molecule has 2 aromatic heterocycles. The van der Waals surface area contributed by atoms with E-state index >= 15 is 0 Å². The van der Waals surface area contributed by atoms with E-state index in [1.807, 2.05) is 19.1 Å². The lowest BCUT2D eigenvalue weighted by Crippen LogP contribution is -2.10. The first-order chi connectivity index (χ1) is 14.4. The normalized spacial score (nSPS) is 14.4. The van der Waals surface area contributed by atoms with E-state index in [1.54, 1.807) is 36.5 Å². The molecule has 0 saturated carbocycles. The number of nitrogens with zero attached hydrogens (tertiary/aromatic N) is 2. The molecule has 0 saturated heterocycles. The van der Waals surface area contributed by atoms with Gasteiger partial charge >= 0.3 is 10.1 Å². The van der Waals surface area contributed by atoms with E-state index in [4.69, 9.17) is 4.18 Å². The van der Waals surface area contributed by atoms with Crippen molar-refractivity contribution in [2.45, 2.75) is 24.7 Å². The number of pyridine rings is 1. The smallest absolute Gasteiger partial charge is 0.339 e. The maximum absolute atomic E-state index is 12.9. The lowest BCUT2D eigenvalue weighted by molar-refractivity contribution is 0.488. The van der Waals surface area contributed by atoms with Crippen molar-refractivity contribution in [3.05, 3.63) is 64.4 Å². The quantitative estimate of drug-likeness (QED) is 0.407. The highest BCUT2D eigenvalue weighted by Gasteiger charge is 2.22. The van der Waals surface area contributed by atoms with Crippen LogP contribution in [-0.4, -0.2) is 30.6 Å². The van der Waals surface area contributed by atoms with Crippen LogP contribution >= 0.6 is 15.9 Å². The number of fused-ring (bicyclic) bond motifs is 3. The van der Waals surface area contributed by atoms with Crippen molar-refractivity contribution in [1.82, 2.24) is 9.97 Å². The average molecular weight is 484 g/mol. The molecule has 6 nitrogen and oxygen atoms in total. The van der Waals surface area contributed by atoms with Gasteiger partial charge in [0.1, 0.15) is 10.6 Å². The fraction of sp³-hybridized carbons (Fsp3) is 0.182. The van der Waals surface area contributed by atoms with Gasteiger partial charge in [-0.1, -0.05) is 33.6 Å². The third-order valence-corrected chi connectivity index (χ3v) is 6.92. The average Bonchev–Trinajstić information content (AvgIpc) is 3.36. The molecule has 3 heterocycles. The standard InChI is InChI=1S/C22H18BrN3O3S/c1-13-4-6-15(7-5-13)30(27,28)29-19-12-14(23)11-17-16-8-10-25-22(18-3-2-9-24-18)21(16)26-20(17)19/h4-8,10-12,26H,2-3,9H2,1H3. The largest absolute Gasteiger partial charge is 0.377 e. The highest BCUT2D eigenvalue weighted by molar-refractivity contribution is 9.10. The van der Waals surface area contributed by atoms with Crippen LogP contribution in [0, 0.1) is 6.92 Å². The number of aliphatic imine (C=N–C) groups is 1. The van der Waals surface area contributed by atoms with Crippen LogP contribution in [0.25, 0.3) is 21.8 Å². The zero-order valence-electron chi connectivity index (χ0n) is 16.1. The molecule has 0 fully saturated rings. The van der Waals surface area contributed by atoms with Crippen molar-refractivity contribution in [2.75, 3.05) is 6.54 Å². The second-order valence-corrected chi connectivity index (χ2v) is 9.78. The summed E-state index contributed by atoms with van der Waals surface area (Å²) in [6, 6.07) is 12.1. The summed E-state index contributed by atoms with van der Waals surface area (Å²) in [7, 11) is -3.98. The Morgan fingerprint density at radius 1 is 1.07 bits per heavy atom. The van der Waals surface area contributed by atoms with Gasteiger partial charge in [0.05, 0.1) is 16.7 Å². The van der Waals surface area contributed by atoms with Crippen LogP contribution in [0.4, 0.5) is 0 Å². The fourth-order valence-electron chi connectivity index (χ4n) is 3.75. The van der Waals surface area contributed by atoms with Crippen LogP contribution in [0.5, 0.6) is 5.75 Å². The first-order valence-corrected chi connectivity index (χ1v) is 11.8. The molecule has 0 atom stereocenters. The minimum absolute atomic E-state index is 0.111. The maximum atomic E-state index is 12.9. The van der Waals surface area contributed by atoms with Crippen LogP contribution in [0.3, 0.4) is 0 Å². The zero-order valence-corrected chi connectivity index (χ0v) is 18.5. The lowest BCUT2D eigenvalue weighted by Gasteiger charge is -2.09. The van der Waals surface area contributed by atoms with Crippen LogP contribution in [0.15, 0.2) is 63.0 Å². The monoisotopic (exact) mass is 483 g/mol. The lowest BCUT2D eigenvalue weighted by atomic mass is 10.1. The highest BCUT2D eigenvalue weighted by atomic mass is 79.9. The molecular formula is C22H18BrN3O3S. The van der Waals surface area contributed by atoms with Crippen LogP contribution in [0.2, 0.25) is 0 Å². The summed E-state index contributed by atoms with van der Waals surface area (Å²) in [6.45, 7) is 2.71. The molecule has 0 radical (unpaired) electrons. The number of halogens is 1. The summed E-state index contributed by atoms with van der Waals surface area (Å²) in [5, 5.41) is 1.80. The minimum atomic E-state index is -3.98. The highest BCUT2D eigenvalue weighted by Crippen LogP contribution is 2.37. The fourth-order valence-corrected chi connectivity index (χ4v) is 5.12. The minimum Gasteiger partial charge on any atom is -0.377 e. The number of H-pyrrole nitrogens is 1. The topological polar surface area (TPSA) is 84.4 Å². The van der Waals surface area contributed by atoms with E-state index in [2.05, 4.69) is 30.9 Å². The Kier molecular flexibility index (Phi) is 4.63. The van der Waals surface area contributed by atoms with Gasteiger partial charge in [0.2, 0.25) is 0 Å². The summed E-state index contributed by atoms with van der Waals surface area (Å²) in [5.74, 6) is 0.232. The molecule has 1 aliphatic heterocycles. The molecule has 152 valence electrons. The molecule has 30 heavy (non-hydrogen) atoms. The number of benzene rings is 2. The summed E-state index contributed by atoms with van der Waals surface area (Å²) in [6.07, 6.45) is 3.66. The molecule has 2 aromatic carbocycles. The number of rotatable bonds is 4. The van der Waals surface area contributed by atoms with E-state index in [0.29, 0.717) is 5.52 Å². The maximum Gasteiger partial charge on any atom is 0.339 e. The van der Waals surface area contributed by atoms with Crippen molar-refractivity contribution in [2.24, 2.45) is 4.99 Å². The Morgan fingerprint density at radius 2 is 1.87 bits per heavy atom. The number of hydrogen-bond acceptors (Lipinski definition) is 5. The summed E-state index contributed by atoms with van der Waals surface area (Å²) < 4.78 is 32.1. The van der Waals surface area contributed by atoms with Gasteiger partial charge in [-0.3, -0.25) is 9.98 Å². The first kappa shape index (κ1) is 19.3. The third kappa shape index (κ3) is 3.30. The molecule has 1 N–H and O–H groups in total. The Labute approximate surface area is 182 Å². The molecule has 0 amide bonds. The first-order valence-electron chi connectivity index (χ1n) is 9.57. The molecule has 1 aliphatic rings. The van der Waals surface area contributed by atoms with Crippen LogP contribution in [-0.2, 0) is 10.1 Å². The third-order valence-electron chi connectivity index (χ3n) is 5.21. The van der Waals surface area contributed by atoms with E-state index < -0.39 is 10.1 Å². The number of nitrogens with one attached hydrogen (secondary N) is 1. The number of aromatic nitrogens is 2. The van der Waals surface area contributed by atoms with Crippen LogP contribution in [0.1, 0.15) is 24.1 Å². The van der Waals surface area contributed by atoms with Gasteiger partial charge in [-0.15, -0.1) is 0 Å². The van der Waals surface area contributed by atoms with Gasteiger partial charge in [-0.2, -0.15) is 8.42 Å². The van der Waals surface area contributed by atoms with Crippen molar-refractivity contribution in [3.8, 4) is 5.75 Å². The number of aromatic amines is 1. The molecular weight excluding hydrogens is 466 g/mol.